The Hall–Kier alpha value is -1.48. The lowest BCUT2D eigenvalue weighted by atomic mass is 10.1. The van der Waals surface area contributed by atoms with Crippen LogP contribution in [-0.4, -0.2) is 65.7 Å². The predicted molar refractivity (Wildman–Crippen MR) is 91.6 cm³/mol. The average Bonchev–Trinajstić information content (AvgIpc) is 3.08. The average molecular weight is 355 g/mol. The van der Waals surface area contributed by atoms with Crippen LogP contribution in [0.2, 0.25) is 0 Å². The molecule has 0 radical (unpaired) electrons. The summed E-state index contributed by atoms with van der Waals surface area (Å²) in [5.41, 5.74) is 1.17. The monoisotopic (exact) mass is 355 g/mol. The lowest BCUT2D eigenvalue weighted by Gasteiger charge is -2.24. The maximum atomic E-state index is 12.8. The summed E-state index contributed by atoms with van der Waals surface area (Å²) < 4.78 is 31.9. The fraction of sp³-hybridized carbons (Fsp3) is 0.562. The standard InChI is InChI=1S/C16H25N3O4S/c1-12-4-5-14(24(21,22)18-8-9-23-3)10-15(12)16(20)19(2)13-6-7-17-11-13/h4-5,10,13,17-18H,6-9,11H2,1-3H3. The first-order valence-corrected chi connectivity index (χ1v) is 9.42. The van der Waals surface area contributed by atoms with Gasteiger partial charge in [-0.1, -0.05) is 6.07 Å². The van der Waals surface area contributed by atoms with E-state index in [0.717, 1.165) is 25.1 Å². The zero-order chi connectivity index (χ0) is 17.7. The minimum Gasteiger partial charge on any atom is -0.383 e. The molecule has 0 aliphatic carbocycles. The summed E-state index contributed by atoms with van der Waals surface area (Å²) in [5.74, 6) is -0.157. The van der Waals surface area contributed by atoms with E-state index >= 15 is 0 Å². The Balaban J connectivity index is 2.23. The van der Waals surface area contributed by atoms with E-state index in [0.29, 0.717) is 5.56 Å². The van der Waals surface area contributed by atoms with Gasteiger partial charge in [0.15, 0.2) is 0 Å². The number of sulfonamides is 1. The van der Waals surface area contributed by atoms with E-state index in [1.54, 1.807) is 18.0 Å². The number of carbonyl (C=O) groups is 1. The number of methoxy groups -OCH3 is 1. The zero-order valence-electron chi connectivity index (χ0n) is 14.3. The third kappa shape index (κ3) is 4.32. The SMILES string of the molecule is COCCNS(=O)(=O)c1ccc(C)c(C(=O)N(C)C2CCNC2)c1. The van der Waals surface area contributed by atoms with Crippen LogP contribution in [0.15, 0.2) is 23.1 Å². The van der Waals surface area contributed by atoms with E-state index in [2.05, 4.69) is 10.0 Å². The second-order valence-corrected chi connectivity index (χ2v) is 7.70. The highest BCUT2D eigenvalue weighted by atomic mass is 32.2. The lowest BCUT2D eigenvalue weighted by molar-refractivity contribution is 0.0743. The van der Waals surface area contributed by atoms with Crippen LogP contribution in [0, 0.1) is 6.92 Å². The normalized spacial score (nSPS) is 17.9. The Kier molecular flexibility index (Phi) is 6.34. The lowest BCUT2D eigenvalue weighted by Crippen LogP contribution is -2.38. The van der Waals surface area contributed by atoms with Gasteiger partial charge in [0.1, 0.15) is 0 Å². The van der Waals surface area contributed by atoms with Gasteiger partial charge in [0.05, 0.1) is 11.5 Å². The molecule has 8 heteroatoms. The van der Waals surface area contributed by atoms with Gasteiger partial charge in [-0.2, -0.15) is 0 Å². The molecule has 1 aliphatic rings. The highest BCUT2D eigenvalue weighted by Gasteiger charge is 2.26. The molecule has 1 aliphatic heterocycles. The number of hydrogen-bond acceptors (Lipinski definition) is 5. The van der Waals surface area contributed by atoms with Gasteiger partial charge in [-0.05, 0) is 37.6 Å². The fourth-order valence-corrected chi connectivity index (χ4v) is 3.72. The number of rotatable bonds is 7. The number of nitrogens with zero attached hydrogens (tertiary/aromatic N) is 1. The molecule has 0 spiro atoms. The summed E-state index contributed by atoms with van der Waals surface area (Å²) in [6.07, 6.45) is 0.901. The number of aryl methyl sites for hydroxylation is 1. The van der Waals surface area contributed by atoms with Crippen LogP contribution in [-0.2, 0) is 14.8 Å². The van der Waals surface area contributed by atoms with E-state index in [4.69, 9.17) is 4.74 Å². The van der Waals surface area contributed by atoms with Gasteiger partial charge in [-0.25, -0.2) is 13.1 Å². The Morgan fingerprint density at radius 1 is 1.46 bits per heavy atom. The smallest absolute Gasteiger partial charge is 0.254 e. The van der Waals surface area contributed by atoms with Crippen molar-refractivity contribution in [2.75, 3.05) is 40.4 Å². The van der Waals surface area contributed by atoms with Crippen LogP contribution in [0.1, 0.15) is 22.3 Å². The Labute approximate surface area is 143 Å². The van der Waals surface area contributed by atoms with Crippen molar-refractivity contribution >= 4 is 15.9 Å². The van der Waals surface area contributed by atoms with Crippen LogP contribution >= 0.6 is 0 Å². The molecule has 1 heterocycles. The Morgan fingerprint density at radius 3 is 2.83 bits per heavy atom. The first-order chi connectivity index (χ1) is 11.4. The summed E-state index contributed by atoms with van der Waals surface area (Å²) in [4.78, 5) is 14.5. The maximum Gasteiger partial charge on any atom is 0.254 e. The van der Waals surface area contributed by atoms with Gasteiger partial charge in [0.25, 0.3) is 5.91 Å². The van der Waals surface area contributed by atoms with Crippen molar-refractivity contribution in [3.63, 3.8) is 0 Å². The number of likely N-dealkylation sites (N-methyl/N-ethyl adjacent to an activating group) is 1. The molecule has 7 nitrogen and oxygen atoms in total. The third-order valence-electron chi connectivity index (χ3n) is 4.25. The van der Waals surface area contributed by atoms with E-state index in [1.165, 1.54) is 19.2 Å². The first kappa shape index (κ1) is 18.9. The second kappa shape index (κ2) is 8.06. The molecule has 0 aromatic heterocycles. The first-order valence-electron chi connectivity index (χ1n) is 7.94. The van der Waals surface area contributed by atoms with E-state index in [9.17, 15) is 13.2 Å². The Bertz CT molecular complexity index is 685. The van der Waals surface area contributed by atoms with Crippen molar-refractivity contribution in [2.24, 2.45) is 0 Å². The minimum absolute atomic E-state index is 0.0884. The molecule has 2 N–H and O–H groups in total. The van der Waals surface area contributed by atoms with E-state index in [-0.39, 0.29) is 30.0 Å². The Morgan fingerprint density at radius 2 is 2.21 bits per heavy atom. The van der Waals surface area contributed by atoms with E-state index < -0.39 is 10.0 Å². The summed E-state index contributed by atoms with van der Waals surface area (Å²) in [7, 11) is -0.397. The number of benzene rings is 1. The van der Waals surface area contributed by atoms with Crippen LogP contribution in [0.5, 0.6) is 0 Å². The molecule has 1 amide bonds. The molecule has 1 atom stereocenters. The van der Waals surface area contributed by atoms with Crippen molar-refractivity contribution in [1.29, 1.82) is 0 Å². The molecule has 0 saturated carbocycles. The van der Waals surface area contributed by atoms with Gasteiger partial charge in [0, 0.05) is 38.9 Å². The molecule has 1 aromatic rings. The van der Waals surface area contributed by atoms with Crippen molar-refractivity contribution in [1.82, 2.24) is 14.9 Å². The largest absolute Gasteiger partial charge is 0.383 e. The van der Waals surface area contributed by atoms with Crippen LogP contribution < -0.4 is 10.0 Å². The molecular weight excluding hydrogens is 330 g/mol. The molecule has 1 unspecified atom stereocenters. The minimum atomic E-state index is -3.66. The van der Waals surface area contributed by atoms with Crippen LogP contribution in [0.25, 0.3) is 0 Å². The second-order valence-electron chi connectivity index (χ2n) is 5.93. The number of hydrogen-bond donors (Lipinski definition) is 2. The predicted octanol–water partition coefficient (Wildman–Crippen LogP) is 0.354. The quantitative estimate of drug-likeness (QED) is 0.689. The van der Waals surface area contributed by atoms with Gasteiger partial charge in [-0.3, -0.25) is 4.79 Å². The van der Waals surface area contributed by atoms with Gasteiger partial charge >= 0.3 is 0 Å². The number of amides is 1. The van der Waals surface area contributed by atoms with Crippen LogP contribution in [0.3, 0.4) is 0 Å². The van der Waals surface area contributed by atoms with Crippen LogP contribution in [0.4, 0.5) is 0 Å². The van der Waals surface area contributed by atoms with Crippen molar-refractivity contribution in [3.05, 3.63) is 29.3 Å². The molecule has 0 bridgehead atoms. The highest BCUT2D eigenvalue weighted by molar-refractivity contribution is 7.89. The molecule has 134 valence electrons. The van der Waals surface area contributed by atoms with Gasteiger partial charge < -0.3 is 15.0 Å². The van der Waals surface area contributed by atoms with Crippen molar-refractivity contribution in [3.8, 4) is 0 Å². The molecule has 1 fully saturated rings. The molecule has 1 saturated heterocycles. The summed E-state index contributed by atoms with van der Waals surface area (Å²) >= 11 is 0. The topological polar surface area (TPSA) is 87.7 Å². The fourth-order valence-electron chi connectivity index (χ4n) is 2.69. The summed E-state index contributed by atoms with van der Waals surface area (Å²) in [6, 6.07) is 4.76. The molecule has 24 heavy (non-hydrogen) atoms. The third-order valence-corrected chi connectivity index (χ3v) is 5.71. The molecular formula is C16H25N3O4S. The summed E-state index contributed by atoms with van der Waals surface area (Å²) in [6.45, 7) is 3.93. The number of carbonyl (C=O) groups excluding carboxylic acids is 1. The van der Waals surface area contributed by atoms with Crippen molar-refractivity contribution in [2.45, 2.75) is 24.3 Å². The number of nitrogens with one attached hydrogen (secondary N) is 2. The maximum absolute atomic E-state index is 12.8. The molecule has 2 rings (SSSR count). The summed E-state index contributed by atoms with van der Waals surface area (Å²) in [5, 5.41) is 3.23. The van der Waals surface area contributed by atoms with E-state index in [1.807, 2.05) is 6.92 Å². The molecule has 1 aromatic carbocycles. The van der Waals surface area contributed by atoms with Gasteiger partial charge in [0.2, 0.25) is 10.0 Å². The number of ether oxygens (including phenoxy) is 1. The van der Waals surface area contributed by atoms with Gasteiger partial charge in [-0.15, -0.1) is 0 Å². The zero-order valence-corrected chi connectivity index (χ0v) is 15.1. The highest BCUT2D eigenvalue weighted by Crippen LogP contribution is 2.19. The van der Waals surface area contributed by atoms with Crippen molar-refractivity contribution < 1.29 is 17.9 Å².